The van der Waals surface area contributed by atoms with E-state index < -0.39 is 0 Å². The highest BCUT2D eigenvalue weighted by atomic mass is 14.9. The number of hydrogen-bond acceptors (Lipinski definition) is 4. The summed E-state index contributed by atoms with van der Waals surface area (Å²) < 4.78 is 0. The third-order valence-electron chi connectivity index (χ3n) is 2.64. The van der Waals surface area contributed by atoms with E-state index >= 15 is 0 Å². The molecule has 2 heterocycles. The molecule has 0 aromatic carbocycles. The number of nitrogens with zero attached hydrogens (tertiary/aromatic N) is 3. The molecule has 0 bridgehead atoms. The molecule has 0 aliphatic heterocycles. The molecule has 2 aromatic heterocycles. The smallest absolute Gasteiger partial charge is 0.178 e. The first-order valence-electron chi connectivity index (χ1n) is 6.13. The average Bonchev–Trinajstić information content (AvgIpc) is 2.38. The monoisotopic (exact) mass is 242 g/mol. The van der Waals surface area contributed by atoms with E-state index in [0.717, 1.165) is 23.4 Å². The summed E-state index contributed by atoms with van der Waals surface area (Å²) in [5.74, 6) is 0.682. The van der Waals surface area contributed by atoms with Crippen LogP contribution < -0.4 is 5.32 Å². The Hall–Kier alpha value is -1.81. The molecular weight excluding hydrogens is 224 g/mol. The van der Waals surface area contributed by atoms with Crippen LogP contribution in [0.2, 0.25) is 0 Å². The van der Waals surface area contributed by atoms with Gasteiger partial charge in [-0.25, -0.2) is 9.97 Å². The number of aryl methyl sites for hydroxylation is 1. The largest absolute Gasteiger partial charge is 0.310 e. The third kappa shape index (κ3) is 3.11. The Bertz CT molecular complexity index is 505. The second kappa shape index (κ2) is 5.69. The molecule has 0 aliphatic rings. The molecule has 0 unspecified atom stereocenters. The lowest BCUT2D eigenvalue weighted by Gasteiger charge is -2.08. The molecule has 0 fully saturated rings. The average molecular weight is 242 g/mol. The Kier molecular flexibility index (Phi) is 3.99. The third-order valence-corrected chi connectivity index (χ3v) is 2.64. The van der Waals surface area contributed by atoms with Crippen molar-refractivity contribution in [2.75, 3.05) is 0 Å². The quantitative estimate of drug-likeness (QED) is 0.894. The van der Waals surface area contributed by atoms with Crippen molar-refractivity contribution >= 4 is 0 Å². The molecule has 0 amide bonds. The van der Waals surface area contributed by atoms with Crippen LogP contribution in [0.3, 0.4) is 0 Å². The van der Waals surface area contributed by atoms with E-state index in [9.17, 15) is 0 Å². The Balaban J connectivity index is 2.15. The molecular formula is C14H18N4. The van der Waals surface area contributed by atoms with Crippen molar-refractivity contribution in [2.24, 2.45) is 0 Å². The van der Waals surface area contributed by atoms with Gasteiger partial charge in [0.25, 0.3) is 0 Å². The van der Waals surface area contributed by atoms with Crippen molar-refractivity contribution in [3.63, 3.8) is 0 Å². The van der Waals surface area contributed by atoms with Crippen molar-refractivity contribution in [1.29, 1.82) is 0 Å². The first kappa shape index (κ1) is 12.6. The summed E-state index contributed by atoms with van der Waals surface area (Å²) in [6, 6.07) is 4.39. The maximum Gasteiger partial charge on any atom is 0.178 e. The molecule has 94 valence electrons. The Morgan fingerprint density at radius 1 is 1.17 bits per heavy atom. The van der Waals surface area contributed by atoms with Gasteiger partial charge in [-0.2, -0.15) is 0 Å². The summed E-state index contributed by atoms with van der Waals surface area (Å²) in [5, 5.41) is 3.34. The highest BCUT2D eigenvalue weighted by molar-refractivity contribution is 5.53. The standard InChI is InChI=1S/C14H18N4/c1-10(2)16-7-12-8-17-14(18-9-12)13-11(3)5-4-6-15-13/h4-6,8-10,16H,7H2,1-3H3. The van der Waals surface area contributed by atoms with Crippen LogP contribution in [0.5, 0.6) is 0 Å². The minimum absolute atomic E-state index is 0.461. The molecule has 0 radical (unpaired) electrons. The maximum atomic E-state index is 4.37. The second-order valence-electron chi connectivity index (χ2n) is 4.62. The number of aromatic nitrogens is 3. The Morgan fingerprint density at radius 2 is 1.89 bits per heavy atom. The first-order valence-corrected chi connectivity index (χ1v) is 6.13. The highest BCUT2D eigenvalue weighted by Crippen LogP contribution is 2.15. The zero-order valence-electron chi connectivity index (χ0n) is 11.0. The van der Waals surface area contributed by atoms with E-state index in [2.05, 4.69) is 34.1 Å². The van der Waals surface area contributed by atoms with Crippen LogP contribution in [0.15, 0.2) is 30.7 Å². The zero-order valence-corrected chi connectivity index (χ0v) is 11.0. The zero-order chi connectivity index (χ0) is 13.0. The molecule has 0 atom stereocenters. The van der Waals surface area contributed by atoms with Gasteiger partial charge in [0.2, 0.25) is 0 Å². The van der Waals surface area contributed by atoms with E-state index in [1.807, 2.05) is 31.5 Å². The van der Waals surface area contributed by atoms with Crippen LogP contribution in [0.4, 0.5) is 0 Å². The van der Waals surface area contributed by atoms with Crippen LogP contribution in [0.25, 0.3) is 11.5 Å². The van der Waals surface area contributed by atoms with Gasteiger partial charge in [-0.05, 0) is 18.6 Å². The van der Waals surface area contributed by atoms with Gasteiger partial charge >= 0.3 is 0 Å². The van der Waals surface area contributed by atoms with Gasteiger partial charge in [-0.1, -0.05) is 19.9 Å². The fourth-order valence-corrected chi connectivity index (χ4v) is 1.61. The van der Waals surface area contributed by atoms with Gasteiger partial charge in [0, 0.05) is 36.7 Å². The van der Waals surface area contributed by atoms with Crippen LogP contribution in [0, 0.1) is 6.92 Å². The number of pyridine rings is 1. The van der Waals surface area contributed by atoms with Gasteiger partial charge in [-0.3, -0.25) is 4.98 Å². The summed E-state index contributed by atoms with van der Waals surface area (Å²) >= 11 is 0. The maximum absolute atomic E-state index is 4.37. The first-order chi connectivity index (χ1) is 8.66. The fourth-order valence-electron chi connectivity index (χ4n) is 1.61. The Morgan fingerprint density at radius 3 is 2.50 bits per heavy atom. The second-order valence-corrected chi connectivity index (χ2v) is 4.62. The van der Waals surface area contributed by atoms with Gasteiger partial charge in [0.15, 0.2) is 5.82 Å². The molecule has 0 spiro atoms. The lowest BCUT2D eigenvalue weighted by atomic mass is 10.2. The molecule has 0 aliphatic carbocycles. The van der Waals surface area contributed by atoms with Crippen LogP contribution in [-0.4, -0.2) is 21.0 Å². The van der Waals surface area contributed by atoms with E-state index in [0.29, 0.717) is 11.9 Å². The van der Waals surface area contributed by atoms with Crippen molar-refractivity contribution in [3.8, 4) is 11.5 Å². The van der Waals surface area contributed by atoms with Crippen molar-refractivity contribution in [2.45, 2.75) is 33.4 Å². The molecule has 0 saturated heterocycles. The van der Waals surface area contributed by atoms with Crippen LogP contribution in [0.1, 0.15) is 25.0 Å². The van der Waals surface area contributed by atoms with Gasteiger partial charge in [0.05, 0.1) is 0 Å². The molecule has 2 rings (SSSR count). The number of hydrogen-bond donors (Lipinski definition) is 1. The normalized spacial score (nSPS) is 10.9. The number of nitrogens with one attached hydrogen (secondary N) is 1. The molecule has 18 heavy (non-hydrogen) atoms. The summed E-state index contributed by atoms with van der Waals surface area (Å²) in [6.45, 7) is 7.04. The fraction of sp³-hybridized carbons (Fsp3) is 0.357. The van der Waals surface area contributed by atoms with Crippen molar-refractivity contribution in [1.82, 2.24) is 20.3 Å². The van der Waals surface area contributed by atoms with Crippen molar-refractivity contribution in [3.05, 3.63) is 41.9 Å². The minimum atomic E-state index is 0.461. The van der Waals surface area contributed by atoms with Crippen molar-refractivity contribution < 1.29 is 0 Å². The van der Waals surface area contributed by atoms with Gasteiger partial charge in [0.1, 0.15) is 5.69 Å². The van der Waals surface area contributed by atoms with E-state index in [1.54, 1.807) is 6.20 Å². The van der Waals surface area contributed by atoms with E-state index in [-0.39, 0.29) is 0 Å². The molecule has 2 aromatic rings. The summed E-state index contributed by atoms with van der Waals surface area (Å²) in [7, 11) is 0. The van der Waals surface area contributed by atoms with E-state index in [4.69, 9.17) is 0 Å². The molecule has 4 heteroatoms. The molecule has 1 N–H and O–H groups in total. The lowest BCUT2D eigenvalue weighted by molar-refractivity contribution is 0.587. The number of rotatable bonds is 4. The van der Waals surface area contributed by atoms with Gasteiger partial charge < -0.3 is 5.32 Å². The minimum Gasteiger partial charge on any atom is -0.310 e. The molecule has 4 nitrogen and oxygen atoms in total. The van der Waals surface area contributed by atoms with Crippen LogP contribution in [-0.2, 0) is 6.54 Å². The predicted molar refractivity (Wildman–Crippen MR) is 72.0 cm³/mol. The Labute approximate surface area is 108 Å². The van der Waals surface area contributed by atoms with Crippen LogP contribution >= 0.6 is 0 Å². The summed E-state index contributed by atoms with van der Waals surface area (Å²) in [4.78, 5) is 13.1. The topological polar surface area (TPSA) is 50.7 Å². The summed E-state index contributed by atoms with van der Waals surface area (Å²) in [5.41, 5.74) is 3.02. The van der Waals surface area contributed by atoms with E-state index in [1.165, 1.54) is 0 Å². The summed E-state index contributed by atoms with van der Waals surface area (Å²) in [6.07, 6.45) is 5.47. The molecule has 0 saturated carbocycles. The SMILES string of the molecule is Cc1cccnc1-c1ncc(CNC(C)C)cn1. The lowest BCUT2D eigenvalue weighted by Crippen LogP contribution is -2.22. The highest BCUT2D eigenvalue weighted by Gasteiger charge is 2.05. The van der Waals surface area contributed by atoms with Gasteiger partial charge in [-0.15, -0.1) is 0 Å². The predicted octanol–water partition coefficient (Wildman–Crippen LogP) is 2.35.